The Balaban J connectivity index is 2.20. The van der Waals surface area contributed by atoms with Crippen LogP contribution in [-0.2, 0) is 6.42 Å². The van der Waals surface area contributed by atoms with Gasteiger partial charge in [-0.1, -0.05) is 31.2 Å². The van der Waals surface area contributed by atoms with Crippen molar-refractivity contribution in [3.8, 4) is 0 Å². The molecular formula is C12H16O. The van der Waals surface area contributed by atoms with Crippen LogP contribution in [0, 0.1) is 5.92 Å². The van der Waals surface area contributed by atoms with Crippen LogP contribution in [0.5, 0.6) is 0 Å². The fourth-order valence-corrected chi connectivity index (χ4v) is 2.05. The number of hydrogen-bond donors (Lipinski definition) is 1. The van der Waals surface area contributed by atoms with Gasteiger partial charge in [0.2, 0.25) is 0 Å². The summed E-state index contributed by atoms with van der Waals surface area (Å²) >= 11 is 0. The van der Waals surface area contributed by atoms with Crippen molar-refractivity contribution >= 4 is 0 Å². The van der Waals surface area contributed by atoms with Crippen LogP contribution in [0.4, 0.5) is 0 Å². The van der Waals surface area contributed by atoms with Gasteiger partial charge in [-0.25, -0.2) is 0 Å². The summed E-state index contributed by atoms with van der Waals surface area (Å²) in [7, 11) is 0. The number of benzene rings is 1. The third-order valence-corrected chi connectivity index (χ3v) is 2.99. The van der Waals surface area contributed by atoms with E-state index in [1.54, 1.807) is 0 Å². The first kappa shape index (κ1) is 8.76. The molecule has 1 aliphatic rings. The first-order chi connectivity index (χ1) is 6.36. The molecule has 13 heavy (non-hydrogen) atoms. The highest BCUT2D eigenvalue weighted by Crippen LogP contribution is 2.48. The third-order valence-electron chi connectivity index (χ3n) is 2.99. The van der Waals surface area contributed by atoms with Gasteiger partial charge in [-0.2, -0.15) is 0 Å². The fourth-order valence-electron chi connectivity index (χ4n) is 2.05. The molecule has 2 atom stereocenters. The summed E-state index contributed by atoms with van der Waals surface area (Å²) < 4.78 is 0. The van der Waals surface area contributed by atoms with Crippen molar-refractivity contribution in [3.05, 3.63) is 35.4 Å². The zero-order chi connectivity index (χ0) is 9.26. The maximum absolute atomic E-state index is 9.00. The predicted octanol–water partition coefficient (Wildman–Crippen LogP) is 2.34. The Bertz CT molecular complexity index is 293. The van der Waals surface area contributed by atoms with Gasteiger partial charge in [0, 0.05) is 6.61 Å². The molecule has 0 amide bonds. The average molecular weight is 176 g/mol. The minimum absolute atomic E-state index is 0.350. The van der Waals surface area contributed by atoms with Gasteiger partial charge in [0.1, 0.15) is 0 Å². The van der Waals surface area contributed by atoms with Crippen LogP contribution in [0.2, 0.25) is 0 Å². The van der Waals surface area contributed by atoms with E-state index in [0.717, 1.165) is 6.42 Å². The summed E-state index contributed by atoms with van der Waals surface area (Å²) in [6.07, 6.45) is 2.28. The zero-order valence-electron chi connectivity index (χ0n) is 8.03. The van der Waals surface area contributed by atoms with E-state index >= 15 is 0 Å². The summed E-state index contributed by atoms with van der Waals surface area (Å²) in [6.45, 7) is 2.54. The van der Waals surface area contributed by atoms with Crippen molar-refractivity contribution in [2.45, 2.75) is 25.7 Å². The highest BCUT2D eigenvalue weighted by atomic mass is 16.3. The molecule has 0 heterocycles. The summed E-state index contributed by atoms with van der Waals surface area (Å²) in [5.41, 5.74) is 2.91. The van der Waals surface area contributed by atoms with Crippen molar-refractivity contribution in [1.29, 1.82) is 0 Å². The van der Waals surface area contributed by atoms with Crippen molar-refractivity contribution in [1.82, 2.24) is 0 Å². The van der Waals surface area contributed by atoms with Gasteiger partial charge in [-0.05, 0) is 35.8 Å². The average Bonchev–Trinajstić information content (AvgIpc) is 2.96. The molecule has 0 aliphatic heterocycles. The normalized spacial score (nSPS) is 26.0. The van der Waals surface area contributed by atoms with E-state index in [2.05, 4.69) is 31.2 Å². The lowest BCUT2D eigenvalue weighted by Gasteiger charge is -2.05. The molecule has 0 spiro atoms. The minimum atomic E-state index is 0.350. The number of aliphatic hydroxyl groups is 1. The van der Waals surface area contributed by atoms with Crippen molar-refractivity contribution in [2.24, 2.45) is 5.92 Å². The summed E-state index contributed by atoms with van der Waals surface area (Å²) in [5.74, 6) is 1.17. The second kappa shape index (κ2) is 3.51. The van der Waals surface area contributed by atoms with Gasteiger partial charge < -0.3 is 5.11 Å². The second-order valence-corrected chi connectivity index (χ2v) is 3.84. The highest BCUT2D eigenvalue weighted by Gasteiger charge is 2.38. The summed E-state index contributed by atoms with van der Waals surface area (Å²) in [5, 5.41) is 9.00. The van der Waals surface area contributed by atoms with E-state index in [1.165, 1.54) is 17.5 Å². The molecule has 1 fully saturated rings. The second-order valence-electron chi connectivity index (χ2n) is 3.84. The molecule has 2 rings (SSSR count). The summed E-state index contributed by atoms with van der Waals surface area (Å²) in [4.78, 5) is 0. The molecule has 0 radical (unpaired) electrons. The van der Waals surface area contributed by atoms with Crippen LogP contribution < -0.4 is 0 Å². The van der Waals surface area contributed by atoms with Crippen LogP contribution in [-0.4, -0.2) is 11.7 Å². The van der Waals surface area contributed by atoms with Gasteiger partial charge in [-0.15, -0.1) is 0 Å². The van der Waals surface area contributed by atoms with Gasteiger partial charge in [0.15, 0.2) is 0 Å². The van der Waals surface area contributed by atoms with E-state index < -0.39 is 0 Å². The molecule has 1 aromatic carbocycles. The fraction of sp³-hybridized carbons (Fsp3) is 0.500. The number of aliphatic hydroxyl groups excluding tert-OH is 1. The number of hydrogen-bond acceptors (Lipinski definition) is 1. The Morgan fingerprint density at radius 2 is 2.15 bits per heavy atom. The zero-order valence-corrected chi connectivity index (χ0v) is 8.03. The van der Waals surface area contributed by atoms with Crippen LogP contribution >= 0.6 is 0 Å². The lowest BCUT2D eigenvalue weighted by molar-refractivity contribution is 0.274. The molecule has 1 saturated carbocycles. The van der Waals surface area contributed by atoms with Crippen LogP contribution in [0.3, 0.4) is 0 Å². The Hall–Kier alpha value is -0.820. The van der Waals surface area contributed by atoms with E-state index in [-0.39, 0.29) is 0 Å². The molecule has 1 N–H and O–H groups in total. The number of rotatable bonds is 3. The first-order valence-corrected chi connectivity index (χ1v) is 5.05. The van der Waals surface area contributed by atoms with Gasteiger partial charge in [0.25, 0.3) is 0 Å². The molecule has 1 nitrogen and oxygen atoms in total. The van der Waals surface area contributed by atoms with E-state index in [1.807, 2.05) is 0 Å². The van der Waals surface area contributed by atoms with Crippen molar-refractivity contribution in [2.75, 3.05) is 6.61 Å². The molecular weight excluding hydrogens is 160 g/mol. The monoisotopic (exact) mass is 176 g/mol. The lowest BCUT2D eigenvalue weighted by Crippen LogP contribution is -1.93. The lowest BCUT2D eigenvalue weighted by atomic mass is 10.0. The van der Waals surface area contributed by atoms with Gasteiger partial charge in [0.05, 0.1) is 0 Å². The highest BCUT2D eigenvalue weighted by molar-refractivity contribution is 5.34. The largest absolute Gasteiger partial charge is 0.396 e. The van der Waals surface area contributed by atoms with Crippen molar-refractivity contribution in [3.63, 3.8) is 0 Å². The van der Waals surface area contributed by atoms with Crippen LogP contribution in [0.1, 0.15) is 30.4 Å². The molecule has 1 aliphatic carbocycles. The van der Waals surface area contributed by atoms with Gasteiger partial charge >= 0.3 is 0 Å². The minimum Gasteiger partial charge on any atom is -0.396 e. The van der Waals surface area contributed by atoms with E-state index in [0.29, 0.717) is 18.4 Å². The first-order valence-electron chi connectivity index (χ1n) is 5.05. The molecule has 1 heteroatoms. The van der Waals surface area contributed by atoms with Crippen LogP contribution in [0.25, 0.3) is 0 Å². The summed E-state index contributed by atoms with van der Waals surface area (Å²) in [6, 6.07) is 8.60. The molecule has 70 valence electrons. The van der Waals surface area contributed by atoms with Crippen molar-refractivity contribution < 1.29 is 5.11 Å². The SMILES string of the molecule is CCc1ccccc1[C@H]1C[C@@H]1CO. The Kier molecular flexibility index (Phi) is 2.36. The van der Waals surface area contributed by atoms with Gasteiger partial charge in [-0.3, -0.25) is 0 Å². The topological polar surface area (TPSA) is 20.2 Å². The quantitative estimate of drug-likeness (QED) is 0.749. The Morgan fingerprint density at radius 1 is 1.38 bits per heavy atom. The smallest absolute Gasteiger partial charge is 0.0465 e. The Morgan fingerprint density at radius 3 is 2.77 bits per heavy atom. The van der Waals surface area contributed by atoms with E-state index in [9.17, 15) is 0 Å². The molecule has 1 aromatic rings. The standard InChI is InChI=1S/C12H16O/c1-2-9-5-3-4-6-11(9)12-7-10(12)8-13/h3-6,10,12-13H,2,7-8H2,1H3/t10-,12+/m1/s1. The number of aryl methyl sites for hydroxylation is 1. The maximum Gasteiger partial charge on any atom is 0.0465 e. The maximum atomic E-state index is 9.00. The molecule has 0 unspecified atom stereocenters. The molecule has 0 aromatic heterocycles. The Labute approximate surface area is 79.4 Å². The molecule has 0 bridgehead atoms. The molecule has 0 saturated heterocycles. The third kappa shape index (κ3) is 1.61. The van der Waals surface area contributed by atoms with E-state index in [4.69, 9.17) is 5.11 Å². The predicted molar refractivity (Wildman–Crippen MR) is 53.8 cm³/mol. The van der Waals surface area contributed by atoms with Crippen LogP contribution in [0.15, 0.2) is 24.3 Å².